The highest BCUT2D eigenvalue weighted by Crippen LogP contribution is 2.05. The third-order valence-electron chi connectivity index (χ3n) is 2.20. The molecule has 1 aliphatic heterocycles. The van der Waals surface area contributed by atoms with Crippen LogP contribution in [0.1, 0.15) is 5.69 Å². The Bertz CT molecular complexity index is 335. The summed E-state index contributed by atoms with van der Waals surface area (Å²) in [5.74, 6) is 1.42. The molecule has 72 valence electrons. The summed E-state index contributed by atoms with van der Waals surface area (Å²) in [7, 11) is 0. The topological polar surface area (TPSA) is 73.6 Å². The Morgan fingerprint density at radius 1 is 1.50 bits per heavy atom. The van der Waals surface area contributed by atoms with Crippen LogP contribution in [0.3, 0.4) is 0 Å². The fourth-order valence-corrected chi connectivity index (χ4v) is 1.22. The lowest BCUT2D eigenvalue weighted by molar-refractivity contribution is 0.365. The molecular weight excluding hydrogens is 178 g/mol. The number of hydrogen-bond acceptors (Lipinski definition) is 5. The Hall–Kier alpha value is -1.67. The van der Waals surface area contributed by atoms with Gasteiger partial charge in [-0.1, -0.05) is 0 Å². The number of anilines is 1. The van der Waals surface area contributed by atoms with Crippen molar-refractivity contribution in [3.8, 4) is 6.07 Å². The van der Waals surface area contributed by atoms with Crippen molar-refractivity contribution < 1.29 is 0 Å². The van der Waals surface area contributed by atoms with Crippen molar-refractivity contribution in [3.05, 3.63) is 18.1 Å². The monoisotopic (exact) mass is 189 g/mol. The molecule has 0 radical (unpaired) electrons. The summed E-state index contributed by atoms with van der Waals surface area (Å²) in [6.07, 6.45) is 3.06. The maximum atomic E-state index is 8.51. The molecule has 2 heterocycles. The fraction of sp³-hybridized carbons (Fsp3) is 0.444. The normalized spacial score (nSPS) is 15.6. The smallest absolute Gasteiger partial charge is 0.158 e. The lowest BCUT2D eigenvalue weighted by Crippen LogP contribution is -2.45. The molecule has 0 atom stereocenters. The van der Waals surface area contributed by atoms with Crippen molar-refractivity contribution in [3.63, 3.8) is 0 Å². The van der Waals surface area contributed by atoms with Gasteiger partial charge in [-0.2, -0.15) is 5.26 Å². The number of rotatable bonds is 3. The molecule has 1 aliphatic rings. The van der Waals surface area contributed by atoms with Gasteiger partial charge < -0.3 is 10.6 Å². The van der Waals surface area contributed by atoms with E-state index < -0.39 is 0 Å². The van der Waals surface area contributed by atoms with Crippen molar-refractivity contribution >= 4 is 5.82 Å². The fourth-order valence-electron chi connectivity index (χ4n) is 1.22. The summed E-state index contributed by atoms with van der Waals surface area (Å²) < 4.78 is 0. The van der Waals surface area contributed by atoms with Crippen LogP contribution in [-0.4, -0.2) is 29.6 Å². The van der Waals surface area contributed by atoms with Crippen molar-refractivity contribution in [1.29, 1.82) is 5.26 Å². The highest BCUT2D eigenvalue weighted by molar-refractivity contribution is 5.33. The van der Waals surface area contributed by atoms with Crippen LogP contribution in [-0.2, 0) is 0 Å². The van der Waals surface area contributed by atoms with Gasteiger partial charge in [0.15, 0.2) is 5.69 Å². The van der Waals surface area contributed by atoms with Gasteiger partial charge in [0.2, 0.25) is 0 Å². The van der Waals surface area contributed by atoms with E-state index in [0.29, 0.717) is 11.6 Å². The van der Waals surface area contributed by atoms with Crippen molar-refractivity contribution in [2.45, 2.75) is 0 Å². The van der Waals surface area contributed by atoms with Crippen LogP contribution >= 0.6 is 0 Å². The Morgan fingerprint density at radius 2 is 2.36 bits per heavy atom. The molecule has 1 saturated heterocycles. The molecule has 1 aromatic heterocycles. The van der Waals surface area contributed by atoms with E-state index >= 15 is 0 Å². The van der Waals surface area contributed by atoms with Crippen molar-refractivity contribution in [2.75, 3.05) is 25.0 Å². The average Bonchev–Trinajstić information content (AvgIpc) is 2.16. The highest BCUT2D eigenvalue weighted by Gasteiger charge is 2.15. The molecule has 0 saturated carbocycles. The first-order valence-electron chi connectivity index (χ1n) is 4.55. The maximum absolute atomic E-state index is 8.51. The molecule has 14 heavy (non-hydrogen) atoms. The quantitative estimate of drug-likeness (QED) is 0.699. The zero-order chi connectivity index (χ0) is 9.80. The van der Waals surface area contributed by atoms with Gasteiger partial charge in [-0.25, -0.2) is 9.97 Å². The minimum Gasteiger partial charge on any atom is -0.368 e. The van der Waals surface area contributed by atoms with Gasteiger partial charge in [-0.15, -0.1) is 0 Å². The van der Waals surface area contributed by atoms with E-state index in [9.17, 15) is 0 Å². The van der Waals surface area contributed by atoms with E-state index in [-0.39, 0.29) is 0 Å². The van der Waals surface area contributed by atoms with Gasteiger partial charge >= 0.3 is 0 Å². The van der Waals surface area contributed by atoms with Crippen LogP contribution in [0.2, 0.25) is 0 Å². The molecule has 0 amide bonds. The summed E-state index contributed by atoms with van der Waals surface area (Å²) in [5, 5.41) is 14.9. The van der Waals surface area contributed by atoms with Crippen LogP contribution in [0.15, 0.2) is 12.4 Å². The largest absolute Gasteiger partial charge is 0.368 e. The van der Waals surface area contributed by atoms with Gasteiger partial charge in [0.25, 0.3) is 0 Å². The lowest BCUT2D eigenvalue weighted by atomic mass is 10.0. The molecule has 0 aromatic carbocycles. The average molecular weight is 189 g/mol. The minimum absolute atomic E-state index is 0.348. The molecular formula is C9H11N5. The van der Waals surface area contributed by atoms with Gasteiger partial charge in [0.1, 0.15) is 11.9 Å². The van der Waals surface area contributed by atoms with E-state index in [1.54, 1.807) is 6.20 Å². The van der Waals surface area contributed by atoms with Crippen LogP contribution in [0.4, 0.5) is 5.82 Å². The number of aromatic nitrogens is 2. The molecule has 1 fully saturated rings. The van der Waals surface area contributed by atoms with Gasteiger partial charge in [-0.05, 0) is 0 Å². The molecule has 0 unspecified atom stereocenters. The number of nitrogens with one attached hydrogen (secondary N) is 2. The Balaban J connectivity index is 1.86. The Morgan fingerprint density at radius 3 is 2.86 bits per heavy atom. The van der Waals surface area contributed by atoms with Crippen molar-refractivity contribution in [1.82, 2.24) is 15.3 Å². The predicted octanol–water partition coefficient (Wildman–Crippen LogP) is -0.0204. The van der Waals surface area contributed by atoms with E-state index in [2.05, 4.69) is 20.6 Å². The molecule has 0 spiro atoms. The van der Waals surface area contributed by atoms with Crippen molar-refractivity contribution in [2.24, 2.45) is 5.92 Å². The molecule has 2 N–H and O–H groups in total. The second kappa shape index (κ2) is 4.03. The van der Waals surface area contributed by atoms with Gasteiger partial charge in [-0.3, -0.25) is 0 Å². The zero-order valence-corrected chi connectivity index (χ0v) is 7.70. The predicted molar refractivity (Wildman–Crippen MR) is 51.6 cm³/mol. The van der Waals surface area contributed by atoms with E-state index in [1.807, 2.05) is 6.07 Å². The summed E-state index contributed by atoms with van der Waals surface area (Å²) in [6.45, 7) is 3.04. The second-order valence-corrected chi connectivity index (χ2v) is 3.30. The summed E-state index contributed by atoms with van der Waals surface area (Å²) in [5.41, 5.74) is 0.348. The standard InChI is InChI=1S/C9H11N5/c10-1-8-5-14-9(6-12-8)13-4-7-2-11-3-7/h5-7,11H,2-4H2,(H,13,14). The van der Waals surface area contributed by atoms with Crippen LogP contribution in [0.25, 0.3) is 0 Å². The number of nitriles is 1. The molecule has 1 aromatic rings. The first-order valence-corrected chi connectivity index (χ1v) is 4.55. The van der Waals surface area contributed by atoms with Crippen LogP contribution in [0, 0.1) is 17.2 Å². The SMILES string of the molecule is N#Cc1cnc(NCC2CNC2)cn1. The minimum atomic E-state index is 0.348. The first kappa shape index (κ1) is 8.91. The maximum Gasteiger partial charge on any atom is 0.158 e. The molecule has 2 rings (SSSR count). The Kier molecular flexibility index (Phi) is 2.56. The Labute approximate surface area is 82.2 Å². The van der Waals surface area contributed by atoms with E-state index in [1.165, 1.54) is 6.20 Å². The zero-order valence-electron chi connectivity index (χ0n) is 7.70. The van der Waals surface area contributed by atoms with Crippen LogP contribution in [0.5, 0.6) is 0 Å². The highest BCUT2D eigenvalue weighted by atomic mass is 15.0. The second-order valence-electron chi connectivity index (χ2n) is 3.30. The summed E-state index contributed by atoms with van der Waals surface area (Å²) >= 11 is 0. The third-order valence-corrected chi connectivity index (χ3v) is 2.20. The molecule has 5 heteroatoms. The van der Waals surface area contributed by atoms with Gasteiger partial charge in [0.05, 0.1) is 12.4 Å². The third kappa shape index (κ3) is 1.98. The lowest BCUT2D eigenvalue weighted by Gasteiger charge is -2.27. The molecule has 0 aliphatic carbocycles. The van der Waals surface area contributed by atoms with E-state index in [4.69, 9.17) is 5.26 Å². The summed E-state index contributed by atoms with van der Waals surface area (Å²) in [6, 6.07) is 1.93. The van der Waals surface area contributed by atoms with Gasteiger partial charge in [0, 0.05) is 25.6 Å². The molecule has 0 bridgehead atoms. The van der Waals surface area contributed by atoms with E-state index in [0.717, 1.165) is 25.5 Å². The number of nitrogens with zero attached hydrogens (tertiary/aromatic N) is 3. The summed E-state index contributed by atoms with van der Waals surface area (Å²) in [4.78, 5) is 7.98. The number of hydrogen-bond donors (Lipinski definition) is 2. The van der Waals surface area contributed by atoms with Crippen LogP contribution < -0.4 is 10.6 Å². The first-order chi connectivity index (χ1) is 6.88. The molecule has 5 nitrogen and oxygen atoms in total.